The van der Waals surface area contributed by atoms with Gasteiger partial charge in [0.2, 0.25) is 5.91 Å². The number of nitrogens with one attached hydrogen (secondary N) is 1. The van der Waals surface area contributed by atoms with Crippen molar-refractivity contribution in [1.82, 2.24) is 0 Å². The highest BCUT2D eigenvalue weighted by molar-refractivity contribution is 7.80. The Labute approximate surface area is 122 Å². The molecule has 6 heteroatoms. The largest absolute Gasteiger partial charge is 0.392 e. The highest BCUT2D eigenvalue weighted by Crippen LogP contribution is 2.29. The van der Waals surface area contributed by atoms with Gasteiger partial charge in [-0.15, -0.1) is 0 Å². The van der Waals surface area contributed by atoms with Crippen LogP contribution in [0.2, 0.25) is 5.02 Å². The number of amides is 1. The van der Waals surface area contributed by atoms with E-state index in [0.29, 0.717) is 12.8 Å². The molecule has 1 aromatic rings. The molecule has 3 nitrogen and oxygen atoms in total. The Hall–Kier alpha value is -1.20. The van der Waals surface area contributed by atoms with Gasteiger partial charge >= 0.3 is 0 Å². The lowest BCUT2D eigenvalue weighted by molar-refractivity contribution is -0.122. The molecule has 0 aliphatic heterocycles. The minimum Gasteiger partial charge on any atom is -0.392 e. The monoisotopic (exact) mass is 302 g/mol. The molecule has 0 aliphatic rings. The fourth-order valence-corrected chi connectivity index (χ4v) is 2.40. The van der Waals surface area contributed by atoms with Crippen LogP contribution in [0.1, 0.15) is 26.7 Å². The molecule has 0 spiro atoms. The molecule has 0 atom stereocenters. The van der Waals surface area contributed by atoms with Gasteiger partial charge in [-0.25, -0.2) is 4.39 Å². The van der Waals surface area contributed by atoms with Crippen LogP contribution in [0.3, 0.4) is 0 Å². The standard InChI is InChI=1S/C13H16ClFN2OS/c1-3-13(4-2,11(16)19)12(18)17-10-6-5-8(14)7-9(10)15/h5-7H,3-4H2,1-2H3,(H2,16,19)(H,17,18). The third-order valence-electron chi connectivity index (χ3n) is 3.29. The molecule has 0 heterocycles. The third kappa shape index (κ3) is 3.22. The molecule has 1 amide bonds. The van der Waals surface area contributed by atoms with E-state index in [4.69, 9.17) is 29.6 Å². The van der Waals surface area contributed by atoms with Gasteiger partial charge in [0.15, 0.2) is 0 Å². The summed E-state index contributed by atoms with van der Waals surface area (Å²) in [6.07, 6.45) is 0.916. The predicted octanol–water partition coefficient (Wildman–Crippen LogP) is 3.51. The summed E-state index contributed by atoms with van der Waals surface area (Å²) in [5.74, 6) is -0.990. The lowest BCUT2D eigenvalue weighted by Crippen LogP contribution is -2.45. The lowest BCUT2D eigenvalue weighted by atomic mass is 9.81. The second-order valence-electron chi connectivity index (χ2n) is 4.23. The number of rotatable bonds is 5. The number of hydrogen-bond acceptors (Lipinski definition) is 2. The number of carbonyl (C=O) groups excluding carboxylic acids is 1. The molecule has 104 valence electrons. The lowest BCUT2D eigenvalue weighted by Gasteiger charge is -2.29. The van der Waals surface area contributed by atoms with Gasteiger partial charge in [0, 0.05) is 5.02 Å². The van der Waals surface area contributed by atoms with Gasteiger partial charge in [0.1, 0.15) is 5.82 Å². The molecule has 1 rings (SSSR count). The average molecular weight is 303 g/mol. The SMILES string of the molecule is CCC(CC)(C(=O)Nc1ccc(Cl)cc1F)C(N)=S. The van der Waals surface area contributed by atoms with Crippen LogP contribution in [-0.4, -0.2) is 10.9 Å². The van der Waals surface area contributed by atoms with E-state index < -0.39 is 17.1 Å². The maximum absolute atomic E-state index is 13.6. The second kappa shape index (κ2) is 6.30. The van der Waals surface area contributed by atoms with Gasteiger partial charge in [-0.3, -0.25) is 4.79 Å². The first kappa shape index (κ1) is 15.9. The molecule has 0 bridgehead atoms. The highest BCUT2D eigenvalue weighted by Gasteiger charge is 2.38. The van der Waals surface area contributed by atoms with Crippen molar-refractivity contribution in [3.05, 3.63) is 29.0 Å². The summed E-state index contributed by atoms with van der Waals surface area (Å²) < 4.78 is 13.6. The summed E-state index contributed by atoms with van der Waals surface area (Å²) in [4.78, 5) is 12.4. The maximum Gasteiger partial charge on any atom is 0.237 e. The number of hydrogen-bond donors (Lipinski definition) is 2. The molecular formula is C13H16ClFN2OS. The van der Waals surface area contributed by atoms with Crippen molar-refractivity contribution in [2.45, 2.75) is 26.7 Å². The zero-order valence-electron chi connectivity index (χ0n) is 10.8. The Kier molecular flexibility index (Phi) is 5.26. The molecule has 0 fully saturated rings. The maximum atomic E-state index is 13.6. The van der Waals surface area contributed by atoms with E-state index in [0.717, 1.165) is 6.07 Å². The zero-order chi connectivity index (χ0) is 14.6. The first-order chi connectivity index (χ1) is 8.87. The minimum absolute atomic E-state index is 0.0666. The summed E-state index contributed by atoms with van der Waals surface area (Å²) >= 11 is 10.6. The quantitative estimate of drug-likeness (QED) is 0.818. The number of carbonyl (C=O) groups is 1. The molecule has 0 aromatic heterocycles. The summed E-state index contributed by atoms with van der Waals surface area (Å²) in [6, 6.07) is 4.04. The second-order valence-corrected chi connectivity index (χ2v) is 5.11. The van der Waals surface area contributed by atoms with Crippen molar-refractivity contribution in [1.29, 1.82) is 0 Å². The molecule has 19 heavy (non-hydrogen) atoms. The van der Waals surface area contributed by atoms with Crippen molar-refractivity contribution in [3.63, 3.8) is 0 Å². The Morgan fingerprint density at radius 3 is 2.47 bits per heavy atom. The number of thiocarbonyl (C=S) groups is 1. The average Bonchev–Trinajstić information content (AvgIpc) is 2.34. The van der Waals surface area contributed by atoms with Crippen LogP contribution in [0.5, 0.6) is 0 Å². The number of nitrogens with two attached hydrogens (primary N) is 1. The van der Waals surface area contributed by atoms with E-state index in [2.05, 4.69) is 5.32 Å². The fraction of sp³-hybridized carbons (Fsp3) is 0.385. The van der Waals surface area contributed by atoms with Crippen LogP contribution >= 0.6 is 23.8 Å². The van der Waals surface area contributed by atoms with Gasteiger partial charge < -0.3 is 11.1 Å². The van der Waals surface area contributed by atoms with Crippen LogP contribution in [0.15, 0.2) is 18.2 Å². The molecule has 0 aliphatic carbocycles. The van der Waals surface area contributed by atoms with Gasteiger partial charge in [-0.05, 0) is 31.0 Å². The van der Waals surface area contributed by atoms with Crippen molar-refractivity contribution in [2.24, 2.45) is 11.1 Å². The number of halogens is 2. The van der Waals surface area contributed by atoms with E-state index in [-0.39, 0.29) is 15.7 Å². The normalized spacial score (nSPS) is 11.2. The molecular weight excluding hydrogens is 287 g/mol. The van der Waals surface area contributed by atoms with Crippen LogP contribution in [-0.2, 0) is 4.79 Å². The van der Waals surface area contributed by atoms with Crippen LogP contribution < -0.4 is 11.1 Å². The third-order valence-corrected chi connectivity index (χ3v) is 3.92. The highest BCUT2D eigenvalue weighted by atomic mass is 35.5. The van der Waals surface area contributed by atoms with E-state index in [1.54, 1.807) is 0 Å². The van der Waals surface area contributed by atoms with E-state index in [9.17, 15) is 9.18 Å². The van der Waals surface area contributed by atoms with Crippen molar-refractivity contribution < 1.29 is 9.18 Å². The van der Waals surface area contributed by atoms with Crippen LogP contribution in [0.25, 0.3) is 0 Å². The summed E-state index contributed by atoms with van der Waals surface area (Å²) in [6.45, 7) is 3.64. The minimum atomic E-state index is -0.957. The molecule has 0 unspecified atom stereocenters. The summed E-state index contributed by atoms with van der Waals surface area (Å²) in [7, 11) is 0. The van der Waals surface area contributed by atoms with Crippen molar-refractivity contribution in [2.75, 3.05) is 5.32 Å². The summed E-state index contributed by atoms with van der Waals surface area (Å²) in [5.41, 5.74) is 4.77. The van der Waals surface area contributed by atoms with E-state index in [1.165, 1.54) is 12.1 Å². The Bertz CT molecular complexity index is 503. The Balaban J connectivity index is 3.03. The smallest absolute Gasteiger partial charge is 0.237 e. The predicted molar refractivity (Wildman–Crippen MR) is 79.8 cm³/mol. The van der Waals surface area contributed by atoms with Gasteiger partial charge in [-0.1, -0.05) is 37.7 Å². The molecule has 0 saturated heterocycles. The van der Waals surface area contributed by atoms with E-state index >= 15 is 0 Å². The molecule has 1 aromatic carbocycles. The Morgan fingerprint density at radius 1 is 1.47 bits per heavy atom. The first-order valence-corrected chi connectivity index (χ1v) is 6.72. The first-order valence-electron chi connectivity index (χ1n) is 5.93. The van der Waals surface area contributed by atoms with Gasteiger partial charge in [-0.2, -0.15) is 0 Å². The van der Waals surface area contributed by atoms with Crippen molar-refractivity contribution in [3.8, 4) is 0 Å². The van der Waals surface area contributed by atoms with E-state index in [1.807, 2.05) is 13.8 Å². The number of benzene rings is 1. The van der Waals surface area contributed by atoms with Crippen LogP contribution in [0, 0.1) is 11.2 Å². The zero-order valence-corrected chi connectivity index (χ0v) is 12.4. The molecule has 0 saturated carbocycles. The van der Waals surface area contributed by atoms with Gasteiger partial charge in [0.05, 0.1) is 16.1 Å². The summed E-state index contributed by atoms with van der Waals surface area (Å²) in [5, 5.41) is 2.79. The molecule has 0 radical (unpaired) electrons. The van der Waals surface area contributed by atoms with Crippen LogP contribution in [0.4, 0.5) is 10.1 Å². The Morgan fingerprint density at radius 2 is 2.05 bits per heavy atom. The number of anilines is 1. The van der Waals surface area contributed by atoms with Crippen molar-refractivity contribution >= 4 is 40.4 Å². The fourth-order valence-electron chi connectivity index (χ4n) is 1.86. The van der Waals surface area contributed by atoms with Gasteiger partial charge in [0.25, 0.3) is 0 Å². The topological polar surface area (TPSA) is 55.1 Å². The molecule has 3 N–H and O–H groups in total.